The molecule has 1 N–H and O–H groups in total. The van der Waals surface area contributed by atoms with Crippen molar-refractivity contribution in [1.29, 1.82) is 0 Å². The molecule has 0 spiro atoms. The Bertz CT molecular complexity index is 563. The molecule has 2 atom stereocenters. The monoisotopic (exact) mass is 303 g/mol. The molecule has 22 heavy (non-hydrogen) atoms. The number of hydrogen-bond acceptors (Lipinski definition) is 4. The summed E-state index contributed by atoms with van der Waals surface area (Å²) < 4.78 is 11.5. The van der Waals surface area contributed by atoms with Crippen molar-refractivity contribution in [3.05, 3.63) is 47.2 Å². The molecule has 5 heteroatoms. The molecule has 2 aliphatic rings. The van der Waals surface area contributed by atoms with E-state index in [0.29, 0.717) is 12.4 Å². The van der Waals surface area contributed by atoms with E-state index in [4.69, 9.17) is 14.6 Å². The van der Waals surface area contributed by atoms with Crippen LogP contribution in [-0.4, -0.2) is 35.3 Å². The van der Waals surface area contributed by atoms with Crippen molar-refractivity contribution in [3.8, 4) is 0 Å². The number of amides is 1. The molecule has 3 rings (SSSR count). The minimum atomic E-state index is -0.392. The minimum absolute atomic E-state index is 0.0348. The van der Waals surface area contributed by atoms with Gasteiger partial charge in [0.1, 0.15) is 0 Å². The largest absolute Gasteiger partial charge is 0.459 e. The molecule has 1 saturated heterocycles. The maximum absolute atomic E-state index is 12.0. The van der Waals surface area contributed by atoms with Crippen molar-refractivity contribution < 1.29 is 19.4 Å². The van der Waals surface area contributed by atoms with Crippen LogP contribution in [-0.2, 0) is 27.5 Å². The molecule has 2 aliphatic heterocycles. The van der Waals surface area contributed by atoms with E-state index in [1.54, 1.807) is 4.90 Å². The van der Waals surface area contributed by atoms with Gasteiger partial charge >= 0.3 is 0 Å². The zero-order valence-corrected chi connectivity index (χ0v) is 12.7. The molecule has 1 aromatic carbocycles. The number of aliphatic hydroxyl groups is 1. The van der Waals surface area contributed by atoms with E-state index in [1.807, 2.05) is 30.3 Å². The summed E-state index contributed by atoms with van der Waals surface area (Å²) in [4.78, 5) is 13.8. The molecule has 0 saturated carbocycles. The SMILES string of the molecule is C[C@H]1C=C(C(=O)N2CC2)O[C@@H](OCc2ccc(CO)cc2)C1. The van der Waals surface area contributed by atoms with Crippen LogP contribution in [0.1, 0.15) is 24.5 Å². The Morgan fingerprint density at radius 2 is 2.00 bits per heavy atom. The van der Waals surface area contributed by atoms with E-state index in [2.05, 4.69) is 6.92 Å². The third kappa shape index (κ3) is 3.67. The third-order valence-electron chi connectivity index (χ3n) is 3.85. The van der Waals surface area contributed by atoms with Gasteiger partial charge in [-0.3, -0.25) is 4.79 Å². The van der Waals surface area contributed by atoms with Crippen LogP contribution in [0.5, 0.6) is 0 Å². The fourth-order valence-corrected chi connectivity index (χ4v) is 2.42. The summed E-state index contributed by atoms with van der Waals surface area (Å²) >= 11 is 0. The van der Waals surface area contributed by atoms with Gasteiger partial charge in [0.2, 0.25) is 6.29 Å². The van der Waals surface area contributed by atoms with Gasteiger partial charge in [0, 0.05) is 19.5 Å². The molecule has 0 radical (unpaired) electrons. The van der Waals surface area contributed by atoms with Crippen LogP contribution in [0.15, 0.2) is 36.1 Å². The summed E-state index contributed by atoms with van der Waals surface area (Å²) in [5, 5.41) is 9.03. The summed E-state index contributed by atoms with van der Waals surface area (Å²) in [6, 6.07) is 7.60. The maximum Gasteiger partial charge on any atom is 0.288 e. The molecule has 5 nitrogen and oxygen atoms in total. The van der Waals surface area contributed by atoms with Gasteiger partial charge in [0.15, 0.2) is 5.76 Å². The highest BCUT2D eigenvalue weighted by Crippen LogP contribution is 2.26. The number of carbonyl (C=O) groups excluding carboxylic acids is 1. The Kier molecular flexibility index (Phi) is 4.45. The van der Waals surface area contributed by atoms with Crippen molar-refractivity contribution in [2.24, 2.45) is 5.92 Å². The summed E-state index contributed by atoms with van der Waals surface area (Å²) in [6.07, 6.45) is 2.23. The lowest BCUT2D eigenvalue weighted by Crippen LogP contribution is -2.29. The lowest BCUT2D eigenvalue weighted by atomic mass is 10.0. The summed E-state index contributed by atoms with van der Waals surface area (Å²) in [7, 11) is 0. The fourth-order valence-electron chi connectivity index (χ4n) is 2.42. The van der Waals surface area contributed by atoms with Gasteiger partial charge in [-0.25, -0.2) is 0 Å². The number of carbonyl (C=O) groups is 1. The minimum Gasteiger partial charge on any atom is -0.459 e. The molecule has 1 amide bonds. The first-order valence-corrected chi connectivity index (χ1v) is 7.63. The Balaban J connectivity index is 1.56. The van der Waals surface area contributed by atoms with E-state index < -0.39 is 6.29 Å². The second-order valence-corrected chi connectivity index (χ2v) is 5.87. The van der Waals surface area contributed by atoms with E-state index in [0.717, 1.165) is 30.6 Å². The van der Waals surface area contributed by atoms with Gasteiger partial charge in [-0.05, 0) is 23.1 Å². The molecule has 1 fully saturated rings. The van der Waals surface area contributed by atoms with Crippen molar-refractivity contribution in [1.82, 2.24) is 4.90 Å². The van der Waals surface area contributed by atoms with Crippen LogP contribution in [0.4, 0.5) is 0 Å². The average Bonchev–Trinajstić information content (AvgIpc) is 3.37. The average molecular weight is 303 g/mol. The summed E-state index contributed by atoms with van der Waals surface area (Å²) in [5.74, 6) is 0.638. The third-order valence-corrected chi connectivity index (χ3v) is 3.85. The Morgan fingerprint density at radius 3 is 2.64 bits per heavy atom. The maximum atomic E-state index is 12.0. The highest BCUT2D eigenvalue weighted by Gasteiger charge is 2.32. The van der Waals surface area contributed by atoms with Gasteiger partial charge in [-0.15, -0.1) is 0 Å². The Labute approximate surface area is 130 Å². The van der Waals surface area contributed by atoms with Crippen LogP contribution in [0.3, 0.4) is 0 Å². The molecule has 0 bridgehead atoms. The number of rotatable bonds is 5. The van der Waals surface area contributed by atoms with Gasteiger partial charge in [-0.1, -0.05) is 31.2 Å². The molecule has 118 valence electrons. The predicted octanol–water partition coefficient (Wildman–Crippen LogP) is 1.80. The zero-order chi connectivity index (χ0) is 15.5. The van der Waals surface area contributed by atoms with Crippen LogP contribution < -0.4 is 0 Å². The van der Waals surface area contributed by atoms with Crippen LogP contribution in [0, 0.1) is 5.92 Å². The van der Waals surface area contributed by atoms with Crippen LogP contribution >= 0.6 is 0 Å². The lowest BCUT2D eigenvalue weighted by molar-refractivity contribution is -0.155. The van der Waals surface area contributed by atoms with Crippen molar-refractivity contribution >= 4 is 5.91 Å². The number of aliphatic hydroxyl groups excluding tert-OH is 1. The van der Waals surface area contributed by atoms with Gasteiger partial charge in [0.25, 0.3) is 5.91 Å². The number of ether oxygens (including phenoxy) is 2. The standard InChI is InChI=1S/C17H21NO4/c1-12-8-15(17(20)18-6-7-18)22-16(9-12)21-11-14-4-2-13(10-19)3-5-14/h2-5,8,12,16,19H,6-7,9-11H2,1H3/t12-,16+/m0/s1. The van der Waals surface area contributed by atoms with Gasteiger partial charge < -0.3 is 19.5 Å². The van der Waals surface area contributed by atoms with Crippen LogP contribution in [0.25, 0.3) is 0 Å². The molecule has 2 heterocycles. The Hall–Kier alpha value is -1.85. The Morgan fingerprint density at radius 1 is 1.32 bits per heavy atom. The van der Waals surface area contributed by atoms with E-state index in [9.17, 15) is 4.79 Å². The second-order valence-electron chi connectivity index (χ2n) is 5.87. The smallest absolute Gasteiger partial charge is 0.288 e. The van der Waals surface area contributed by atoms with Gasteiger partial charge in [0.05, 0.1) is 13.2 Å². The number of hydrogen-bond donors (Lipinski definition) is 1. The zero-order valence-electron chi connectivity index (χ0n) is 12.7. The highest BCUT2D eigenvalue weighted by atomic mass is 16.7. The quantitative estimate of drug-likeness (QED) is 0.843. The molecule has 1 aromatic rings. The summed E-state index contributed by atoms with van der Waals surface area (Å²) in [6.45, 7) is 4.16. The van der Waals surface area contributed by atoms with Crippen molar-refractivity contribution in [2.75, 3.05) is 13.1 Å². The number of nitrogens with zero attached hydrogens (tertiary/aromatic N) is 1. The van der Waals surface area contributed by atoms with Crippen molar-refractivity contribution in [3.63, 3.8) is 0 Å². The first-order chi connectivity index (χ1) is 10.7. The molecule has 0 aliphatic carbocycles. The first kappa shape index (κ1) is 15.1. The molecular weight excluding hydrogens is 282 g/mol. The van der Waals surface area contributed by atoms with E-state index in [1.165, 1.54) is 0 Å². The molecular formula is C17H21NO4. The highest BCUT2D eigenvalue weighted by molar-refractivity contribution is 5.93. The molecule has 0 unspecified atom stereocenters. The normalized spacial score (nSPS) is 23.7. The van der Waals surface area contributed by atoms with Gasteiger partial charge in [-0.2, -0.15) is 0 Å². The lowest BCUT2D eigenvalue weighted by Gasteiger charge is -2.27. The predicted molar refractivity (Wildman–Crippen MR) is 80.5 cm³/mol. The fraction of sp³-hybridized carbons (Fsp3) is 0.471. The second kappa shape index (κ2) is 6.50. The topological polar surface area (TPSA) is 58.8 Å². The number of allylic oxidation sites excluding steroid dienone is 1. The van der Waals surface area contributed by atoms with Crippen molar-refractivity contribution in [2.45, 2.75) is 32.8 Å². The molecule has 0 aromatic heterocycles. The van der Waals surface area contributed by atoms with E-state index in [-0.39, 0.29) is 18.4 Å². The summed E-state index contributed by atoms with van der Waals surface area (Å²) in [5.41, 5.74) is 1.89. The number of benzene rings is 1. The van der Waals surface area contributed by atoms with E-state index >= 15 is 0 Å². The first-order valence-electron chi connectivity index (χ1n) is 7.63. The van der Waals surface area contributed by atoms with Crippen LogP contribution in [0.2, 0.25) is 0 Å².